The van der Waals surface area contributed by atoms with Gasteiger partial charge in [0.2, 0.25) is 0 Å². The molecule has 0 bridgehead atoms. The lowest BCUT2D eigenvalue weighted by atomic mass is 10.1. The highest BCUT2D eigenvalue weighted by atomic mass is 16.5. The Morgan fingerprint density at radius 2 is 2.16 bits per heavy atom. The first-order valence-electron chi connectivity index (χ1n) is 6.09. The molecule has 1 unspecified atom stereocenters. The molecule has 1 aromatic carbocycles. The molecule has 0 fully saturated rings. The number of benzene rings is 1. The third-order valence-electron chi connectivity index (χ3n) is 2.98. The molecule has 1 N–H and O–H groups in total. The minimum absolute atomic E-state index is 0.0935. The number of rotatable bonds is 5. The average molecular weight is 259 g/mol. The Bertz CT molecular complexity index is 520. The van der Waals surface area contributed by atoms with Crippen LogP contribution in [0.15, 0.2) is 43.0 Å². The maximum absolute atomic E-state index is 11.1. The number of nitrogens with zero attached hydrogens (tertiary/aromatic N) is 2. The Morgan fingerprint density at radius 3 is 2.74 bits per heavy atom. The smallest absolute Gasteiger partial charge is 0.319 e. The molecule has 2 aromatic rings. The van der Waals surface area contributed by atoms with Gasteiger partial charge in [-0.15, -0.1) is 0 Å². The van der Waals surface area contributed by atoms with Gasteiger partial charge in [-0.25, -0.2) is 4.98 Å². The van der Waals surface area contributed by atoms with Crippen LogP contribution in [0.1, 0.15) is 18.5 Å². The maximum atomic E-state index is 11.1. The fraction of sp³-hybridized carbons (Fsp3) is 0.286. The van der Waals surface area contributed by atoms with E-state index in [2.05, 4.69) is 15.0 Å². The van der Waals surface area contributed by atoms with Crippen molar-refractivity contribution in [1.82, 2.24) is 14.9 Å². The zero-order valence-corrected chi connectivity index (χ0v) is 11.0. The van der Waals surface area contributed by atoms with Gasteiger partial charge in [-0.1, -0.05) is 12.1 Å². The van der Waals surface area contributed by atoms with Crippen LogP contribution in [0.3, 0.4) is 0 Å². The third kappa shape index (κ3) is 3.42. The minimum Gasteiger partial charge on any atom is -0.468 e. The number of carbonyl (C=O) groups excluding carboxylic acids is 1. The highest BCUT2D eigenvalue weighted by molar-refractivity contribution is 5.71. The van der Waals surface area contributed by atoms with E-state index in [9.17, 15) is 4.79 Å². The van der Waals surface area contributed by atoms with Crippen LogP contribution in [0.25, 0.3) is 5.69 Å². The number of nitrogens with one attached hydrogen (secondary N) is 1. The van der Waals surface area contributed by atoms with Crippen molar-refractivity contribution in [2.24, 2.45) is 0 Å². The molecule has 5 nitrogen and oxygen atoms in total. The van der Waals surface area contributed by atoms with Crippen molar-refractivity contribution in [2.45, 2.75) is 13.0 Å². The van der Waals surface area contributed by atoms with E-state index in [4.69, 9.17) is 0 Å². The summed E-state index contributed by atoms with van der Waals surface area (Å²) in [4.78, 5) is 15.1. The van der Waals surface area contributed by atoms with Crippen molar-refractivity contribution in [3.8, 4) is 5.69 Å². The molecule has 2 rings (SSSR count). The van der Waals surface area contributed by atoms with Gasteiger partial charge in [0.1, 0.15) is 0 Å². The molecule has 0 radical (unpaired) electrons. The third-order valence-corrected chi connectivity index (χ3v) is 2.98. The summed E-state index contributed by atoms with van der Waals surface area (Å²) in [6.07, 6.45) is 5.40. The summed E-state index contributed by atoms with van der Waals surface area (Å²) in [7, 11) is 1.38. The highest BCUT2D eigenvalue weighted by Crippen LogP contribution is 2.15. The second-order valence-electron chi connectivity index (χ2n) is 4.24. The monoisotopic (exact) mass is 259 g/mol. The van der Waals surface area contributed by atoms with Gasteiger partial charge in [-0.3, -0.25) is 4.79 Å². The number of methoxy groups -OCH3 is 1. The molecule has 0 aliphatic rings. The Balaban J connectivity index is 2.00. The summed E-state index contributed by atoms with van der Waals surface area (Å²) in [6, 6.07) is 8.20. The number of carbonyl (C=O) groups is 1. The van der Waals surface area contributed by atoms with Crippen molar-refractivity contribution in [3.05, 3.63) is 48.5 Å². The molecule has 0 saturated heterocycles. The van der Waals surface area contributed by atoms with Crippen LogP contribution >= 0.6 is 0 Å². The summed E-state index contributed by atoms with van der Waals surface area (Å²) in [5.74, 6) is -0.262. The van der Waals surface area contributed by atoms with Gasteiger partial charge in [-0.2, -0.15) is 0 Å². The molecule has 0 aliphatic carbocycles. The van der Waals surface area contributed by atoms with Crippen LogP contribution in [0.4, 0.5) is 0 Å². The van der Waals surface area contributed by atoms with Gasteiger partial charge in [0, 0.05) is 24.1 Å². The van der Waals surface area contributed by atoms with Crippen LogP contribution in [-0.2, 0) is 9.53 Å². The Kier molecular flexibility index (Phi) is 4.30. The van der Waals surface area contributed by atoms with Crippen molar-refractivity contribution in [1.29, 1.82) is 0 Å². The molecule has 0 spiro atoms. The molecular formula is C14H17N3O2. The van der Waals surface area contributed by atoms with Crippen LogP contribution in [-0.4, -0.2) is 29.2 Å². The van der Waals surface area contributed by atoms with Gasteiger partial charge >= 0.3 is 5.97 Å². The zero-order valence-electron chi connectivity index (χ0n) is 11.0. The van der Waals surface area contributed by atoms with Crippen LogP contribution in [0, 0.1) is 0 Å². The molecule has 0 saturated carbocycles. The van der Waals surface area contributed by atoms with Gasteiger partial charge in [0.15, 0.2) is 0 Å². The fourth-order valence-electron chi connectivity index (χ4n) is 1.77. The lowest BCUT2D eigenvalue weighted by molar-refractivity contribution is -0.139. The number of hydrogen-bond acceptors (Lipinski definition) is 4. The molecule has 1 atom stereocenters. The van der Waals surface area contributed by atoms with E-state index >= 15 is 0 Å². The molecule has 0 aliphatic heterocycles. The Morgan fingerprint density at radius 1 is 1.42 bits per heavy atom. The first-order chi connectivity index (χ1) is 9.20. The van der Waals surface area contributed by atoms with Crippen molar-refractivity contribution in [3.63, 3.8) is 0 Å². The van der Waals surface area contributed by atoms with E-state index in [0.29, 0.717) is 0 Å². The number of ether oxygens (including phenoxy) is 1. The van der Waals surface area contributed by atoms with Crippen molar-refractivity contribution in [2.75, 3.05) is 13.7 Å². The fourth-order valence-corrected chi connectivity index (χ4v) is 1.77. The average Bonchev–Trinajstić information content (AvgIpc) is 2.98. The SMILES string of the molecule is COC(=O)CNC(C)c1ccc(-n2ccnc2)cc1. The zero-order chi connectivity index (χ0) is 13.7. The second kappa shape index (κ2) is 6.15. The van der Waals surface area contributed by atoms with E-state index < -0.39 is 0 Å². The van der Waals surface area contributed by atoms with Crippen LogP contribution < -0.4 is 5.32 Å². The molecule has 1 heterocycles. The maximum Gasteiger partial charge on any atom is 0.319 e. The molecule has 1 aromatic heterocycles. The first-order valence-corrected chi connectivity index (χ1v) is 6.09. The predicted molar refractivity (Wildman–Crippen MR) is 72.0 cm³/mol. The summed E-state index contributed by atoms with van der Waals surface area (Å²) in [5, 5.41) is 3.11. The Hall–Kier alpha value is -2.14. The van der Waals surface area contributed by atoms with Crippen LogP contribution in [0.2, 0.25) is 0 Å². The van der Waals surface area contributed by atoms with E-state index in [1.54, 1.807) is 12.5 Å². The van der Waals surface area contributed by atoms with E-state index in [-0.39, 0.29) is 18.6 Å². The number of aromatic nitrogens is 2. The summed E-state index contributed by atoms with van der Waals surface area (Å²) in [6.45, 7) is 2.22. The quantitative estimate of drug-likeness (QED) is 0.830. The molecular weight excluding hydrogens is 242 g/mol. The highest BCUT2D eigenvalue weighted by Gasteiger charge is 2.07. The van der Waals surface area contributed by atoms with E-state index in [1.807, 2.05) is 42.0 Å². The molecule has 19 heavy (non-hydrogen) atoms. The normalized spacial score (nSPS) is 12.1. The topological polar surface area (TPSA) is 56.1 Å². The van der Waals surface area contributed by atoms with E-state index in [0.717, 1.165) is 11.3 Å². The van der Waals surface area contributed by atoms with Crippen LogP contribution in [0.5, 0.6) is 0 Å². The standard InChI is InChI=1S/C14H17N3O2/c1-11(16-9-14(18)19-2)12-3-5-13(6-4-12)17-8-7-15-10-17/h3-8,10-11,16H,9H2,1-2H3. The molecule has 0 amide bonds. The largest absolute Gasteiger partial charge is 0.468 e. The number of hydrogen-bond donors (Lipinski definition) is 1. The van der Waals surface area contributed by atoms with Crippen molar-refractivity contribution >= 4 is 5.97 Å². The van der Waals surface area contributed by atoms with Gasteiger partial charge < -0.3 is 14.6 Å². The molecule has 100 valence electrons. The summed E-state index contributed by atoms with van der Waals surface area (Å²) < 4.78 is 6.53. The minimum atomic E-state index is -0.262. The number of imidazole rings is 1. The van der Waals surface area contributed by atoms with Gasteiger partial charge in [0.05, 0.1) is 20.0 Å². The summed E-state index contributed by atoms with van der Waals surface area (Å²) in [5.41, 5.74) is 2.18. The summed E-state index contributed by atoms with van der Waals surface area (Å²) >= 11 is 0. The van der Waals surface area contributed by atoms with Gasteiger partial charge in [-0.05, 0) is 24.6 Å². The predicted octanol–water partition coefficient (Wildman–Crippen LogP) is 1.70. The molecule has 5 heteroatoms. The first kappa shape index (κ1) is 13.3. The lowest BCUT2D eigenvalue weighted by Crippen LogP contribution is -2.26. The Labute approximate surface area is 112 Å². The van der Waals surface area contributed by atoms with Crippen molar-refractivity contribution < 1.29 is 9.53 Å². The second-order valence-corrected chi connectivity index (χ2v) is 4.24. The van der Waals surface area contributed by atoms with Gasteiger partial charge in [0.25, 0.3) is 0 Å². The van der Waals surface area contributed by atoms with E-state index in [1.165, 1.54) is 7.11 Å². The number of esters is 1. The lowest BCUT2D eigenvalue weighted by Gasteiger charge is -2.14.